The SMILES string of the molecule is CC(=O)C1(C)CN(C2CCc3c2n[nH]c(=O)c3C(F)(F)F)C1.CCCNCCC(C)C. The van der Waals surface area contributed by atoms with E-state index in [1.165, 1.54) is 32.9 Å². The predicted octanol–water partition coefficient (Wildman–Crippen LogP) is 3.72. The number of ketones is 1. The van der Waals surface area contributed by atoms with Crippen molar-refractivity contribution in [1.82, 2.24) is 20.4 Å². The molecule has 9 heteroatoms. The van der Waals surface area contributed by atoms with Gasteiger partial charge in [0.25, 0.3) is 5.56 Å². The molecule has 0 radical (unpaired) electrons. The minimum absolute atomic E-state index is 0.00215. The molecule has 1 saturated heterocycles. The molecular weight excluding hydrogens is 409 g/mol. The van der Waals surface area contributed by atoms with Crippen molar-refractivity contribution < 1.29 is 18.0 Å². The van der Waals surface area contributed by atoms with Gasteiger partial charge in [0.05, 0.1) is 17.2 Å². The van der Waals surface area contributed by atoms with E-state index >= 15 is 0 Å². The van der Waals surface area contributed by atoms with Crippen LogP contribution in [0.4, 0.5) is 13.2 Å². The number of aromatic amines is 1. The van der Waals surface area contributed by atoms with Crippen molar-refractivity contribution in [3.63, 3.8) is 0 Å². The second kappa shape index (κ2) is 10.3. The van der Waals surface area contributed by atoms with Crippen LogP contribution in [0.25, 0.3) is 0 Å². The van der Waals surface area contributed by atoms with E-state index in [1.54, 1.807) is 0 Å². The summed E-state index contributed by atoms with van der Waals surface area (Å²) in [6.07, 6.45) is -1.47. The first-order valence-electron chi connectivity index (χ1n) is 11.0. The molecule has 31 heavy (non-hydrogen) atoms. The molecule has 0 bridgehead atoms. The Labute approximate surface area is 182 Å². The largest absolute Gasteiger partial charge is 0.422 e. The van der Waals surface area contributed by atoms with Crippen molar-refractivity contribution in [3.8, 4) is 0 Å². The molecule has 176 valence electrons. The number of rotatable bonds is 7. The van der Waals surface area contributed by atoms with Crippen molar-refractivity contribution in [3.05, 3.63) is 27.2 Å². The first kappa shape index (κ1) is 25.5. The zero-order valence-electron chi connectivity index (χ0n) is 19.2. The number of aromatic nitrogens is 2. The number of hydrogen-bond acceptors (Lipinski definition) is 5. The third kappa shape index (κ3) is 6.16. The number of carbonyl (C=O) groups excluding carboxylic acids is 1. The molecule has 1 aromatic rings. The molecule has 1 aliphatic heterocycles. The molecule has 2 heterocycles. The van der Waals surface area contributed by atoms with Gasteiger partial charge in [0, 0.05) is 13.1 Å². The number of hydrogen-bond donors (Lipinski definition) is 2. The average molecular weight is 445 g/mol. The molecule has 0 spiro atoms. The Morgan fingerprint density at radius 1 is 1.32 bits per heavy atom. The van der Waals surface area contributed by atoms with Crippen molar-refractivity contribution >= 4 is 5.78 Å². The summed E-state index contributed by atoms with van der Waals surface area (Å²) >= 11 is 0. The maximum atomic E-state index is 13.1. The summed E-state index contributed by atoms with van der Waals surface area (Å²) in [4.78, 5) is 25.0. The molecule has 1 atom stereocenters. The Balaban J connectivity index is 0.000000323. The van der Waals surface area contributed by atoms with Gasteiger partial charge in [-0.2, -0.15) is 18.3 Å². The fourth-order valence-electron chi connectivity index (χ4n) is 4.09. The van der Waals surface area contributed by atoms with Crippen LogP contribution >= 0.6 is 0 Å². The topological polar surface area (TPSA) is 78.1 Å². The third-order valence-corrected chi connectivity index (χ3v) is 6.10. The number of fused-ring (bicyclic) bond motifs is 1. The van der Waals surface area contributed by atoms with Gasteiger partial charge in [-0.3, -0.25) is 14.5 Å². The molecule has 2 aliphatic rings. The van der Waals surface area contributed by atoms with Gasteiger partial charge in [-0.1, -0.05) is 27.7 Å². The lowest BCUT2D eigenvalue weighted by molar-refractivity contribution is -0.139. The molecule has 2 N–H and O–H groups in total. The molecule has 3 rings (SSSR count). The second-order valence-corrected chi connectivity index (χ2v) is 9.30. The Bertz CT molecular complexity index is 814. The lowest BCUT2D eigenvalue weighted by Crippen LogP contribution is -2.58. The van der Waals surface area contributed by atoms with Crippen LogP contribution < -0.4 is 10.9 Å². The van der Waals surface area contributed by atoms with Gasteiger partial charge in [-0.05, 0) is 57.2 Å². The molecule has 0 aromatic carbocycles. The van der Waals surface area contributed by atoms with Gasteiger partial charge in [0.15, 0.2) is 0 Å². The maximum Gasteiger partial charge on any atom is 0.422 e. The van der Waals surface area contributed by atoms with Gasteiger partial charge in [-0.15, -0.1) is 0 Å². The Hall–Kier alpha value is -1.74. The van der Waals surface area contributed by atoms with E-state index in [2.05, 4.69) is 31.2 Å². The number of nitrogens with one attached hydrogen (secondary N) is 2. The zero-order valence-corrected chi connectivity index (χ0v) is 19.2. The van der Waals surface area contributed by atoms with Crippen LogP contribution in [0.5, 0.6) is 0 Å². The van der Waals surface area contributed by atoms with E-state index in [-0.39, 0.29) is 29.5 Å². The van der Waals surface area contributed by atoms with Crippen LogP contribution in [0.2, 0.25) is 0 Å². The smallest absolute Gasteiger partial charge is 0.317 e. The van der Waals surface area contributed by atoms with Crippen LogP contribution in [-0.2, 0) is 17.4 Å². The van der Waals surface area contributed by atoms with E-state index in [9.17, 15) is 22.8 Å². The summed E-state index contributed by atoms with van der Waals surface area (Å²) < 4.78 is 39.2. The predicted molar refractivity (Wildman–Crippen MR) is 114 cm³/mol. The van der Waals surface area contributed by atoms with Gasteiger partial charge >= 0.3 is 6.18 Å². The fraction of sp³-hybridized carbons (Fsp3) is 0.773. The lowest BCUT2D eigenvalue weighted by atomic mass is 9.77. The highest BCUT2D eigenvalue weighted by atomic mass is 19.4. The van der Waals surface area contributed by atoms with E-state index in [4.69, 9.17) is 0 Å². The molecule has 1 aromatic heterocycles. The van der Waals surface area contributed by atoms with Crippen LogP contribution in [0.1, 0.15) is 76.7 Å². The standard InChI is InChI=1S/C14H16F3N3O2.C8H19N/c1-7(21)13(2)5-20(6-13)9-4-3-8-10(14(15,16)17)12(22)19-18-11(8)9;1-4-6-9-7-5-8(2)3/h9H,3-6H2,1-2H3,(H,19,22);8-9H,4-7H2,1-3H3. The van der Waals surface area contributed by atoms with Crippen molar-refractivity contribution in [2.24, 2.45) is 11.3 Å². The number of H-pyrrole nitrogens is 1. The Morgan fingerprint density at radius 3 is 2.48 bits per heavy atom. The fourth-order valence-corrected chi connectivity index (χ4v) is 4.09. The van der Waals surface area contributed by atoms with Gasteiger partial charge < -0.3 is 5.32 Å². The maximum absolute atomic E-state index is 13.1. The van der Waals surface area contributed by atoms with Crippen LogP contribution in [0, 0.1) is 11.3 Å². The Kier molecular flexibility index (Phi) is 8.44. The number of carbonyl (C=O) groups is 1. The van der Waals surface area contributed by atoms with Gasteiger partial charge in [0.1, 0.15) is 11.3 Å². The van der Waals surface area contributed by atoms with E-state index in [0.717, 1.165) is 5.92 Å². The lowest BCUT2D eigenvalue weighted by Gasteiger charge is -2.49. The second-order valence-electron chi connectivity index (χ2n) is 9.30. The molecule has 6 nitrogen and oxygen atoms in total. The average Bonchev–Trinajstić information content (AvgIpc) is 3.04. The quantitative estimate of drug-likeness (QED) is 0.627. The molecular formula is C22H35F3N4O2. The van der Waals surface area contributed by atoms with Gasteiger partial charge in [-0.25, -0.2) is 5.10 Å². The summed E-state index contributed by atoms with van der Waals surface area (Å²) in [5, 5.41) is 9.18. The highest BCUT2D eigenvalue weighted by Gasteiger charge is 2.49. The monoisotopic (exact) mass is 444 g/mol. The number of Topliss-reactive ketones (excluding diaryl/α,β-unsaturated/α-hetero) is 1. The van der Waals surface area contributed by atoms with E-state index in [1.807, 2.05) is 16.9 Å². The number of likely N-dealkylation sites (tertiary alicyclic amines) is 1. The first-order chi connectivity index (χ1) is 14.4. The molecule has 1 fully saturated rings. The van der Waals surface area contributed by atoms with Crippen molar-refractivity contribution in [2.75, 3.05) is 26.2 Å². The highest BCUT2D eigenvalue weighted by molar-refractivity contribution is 5.83. The number of nitrogens with zero attached hydrogens (tertiary/aromatic N) is 2. The Morgan fingerprint density at radius 2 is 1.97 bits per heavy atom. The third-order valence-electron chi connectivity index (χ3n) is 6.10. The minimum Gasteiger partial charge on any atom is -0.317 e. The van der Waals surface area contributed by atoms with Gasteiger partial charge in [0.2, 0.25) is 0 Å². The van der Waals surface area contributed by atoms with Crippen molar-refractivity contribution in [1.29, 1.82) is 0 Å². The highest BCUT2D eigenvalue weighted by Crippen LogP contribution is 2.44. The summed E-state index contributed by atoms with van der Waals surface area (Å²) in [5.74, 6) is 0.918. The minimum atomic E-state index is -4.68. The number of halogens is 3. The van der Waals surface area contributed by atoms with Crippen LogP contribution in [0.3, 0.4) is 0 Å². The number of alkyl halides is 3. The normalized spacial score (nSPS) is 20.1. The van der Waals surface area contributed by atoms with E-state index in [0.29, 0.717) is 19.5 Å². The van der Waals surface area contributed by atoms with Crippen LogP contribution in [-0.4, -0.2) is 47.1 Å². The molecule has 0 amide bonds. The summed E-state index contributed by atoms with van der Waals surface area (Å²) in [6.45, 7) is 13.5. The van der Waals surface area contributed by atoms with Crippen molar-refractivity contribution in [2.45, 2.75) is 72.5 Å². The molecule has 0 saturated carbocycles. The summed E-state index contributed by atoms with van der Waals surface area (Å²) in [6, 6.07) is -0.264. The summed E-state index contributed by atoms with van der Waals surface area (Å²) in [5.41, 5.74) is -2.47. The van der Waals surface area contributed by atoms with E-state index < -0.39 is 22.7 Å². The first-order valence-corrected chi connectivity index (χ1v) is 11.0. The zero-order chi connectivity index (χ0) is 23.4. The molecule has 1 unspecified atom stereocenters. The van der Waals surface area contributed by atoms with Crippen LogP contribution in [0.15, 0.2) is 4.79 Å². The summed E-state index contributed by atoms with van der Waals surface area (Å²) in [7, 11) is 0. The molecule has 1 aliphatic carbocycles.